The number of nitrogens with one attached hydrogen (secondary N) is 2. The SMILES string of the molecule is CCOC(=O)C(=O)N(Cc1nc2cc(C(=N)N)ccc2n1CC(=O)NC1CCCCC1)C1CCN(c2ccncc2)CC1. The van der Waals surface area contributed by atoms with E-state index < -0.39 is 11.9 Å². The van der Waals surface area contributed by atoms with Crippen molar-refractivity contribution in [1.29, 1.82) is 5.41 Å². The number of fused-ring (bicyclic) bond motifs is 1. The van der Waals surface area contributed by atoms with Crippen LogP contribution in [0.15, 0.2) is 42.7 Å². The van der Waals surface area contributed by atoms with Gasteiger partial charge in [0, 0.05) is 48.8 Å². The minimum absolute atomic E-state index is 0.0175. The molecule has 4 N–H and O–H groups in total. The number of pyridine rings is 1. The summed E-state index contributed by atoms with van der Waals surface area (Å²) in [6.07, 6.45) is 10.1. The molecule has 228 valence electrons. The zero-order chi connectivity index (χ0) is 30.3. The molecule has 2 aromatic heterocycles. The molecule has 1 saturated carbocycles. The molecule has 1 saturated heterocycles. The summed E-state index contributed by atoms with van der Waals surface area (Å²) in [4.78, 5) is 52.2. The summed E-state index contributed by atoms with van der Waals surface area (Å²) in [5.41, 5.74) is 8.56. The van der Waals surface area contributed by atoms with Crippen molar-refractivity contribution in [2.24, 2.45) is 5.73 Å². The summed E-state index contributed by atoms with van der Waals surface area (Å²) in [7, 11) is 0. The maximum atomic E-state index is 13.5. The molecule has 1 aromatic carbocycles. The molecule has 0 unspecified atom stereocenters. The van der Waals surface area contributed by atoms with Crippen LogP contribution < -0.4 is 16.0 Å². The molecule has 12 heteroatoms. The van der Waals surface area contributed by atoms with Crippen molar-refractivity contribution in [3.63, 3.8) is 0 Å². The predicted molar refractivity (Wildman–Crippen MR) is 162 cm³/mol. The van der Waals surface area contributed by atoms with Gasteiger partial charge in [-0.25, -0.2) is 9.78 Å². The number of carbonyl (C=O) groups is 3. The molecule has 2 aliphatic rings. The Balaban J connectivity index is 1.43. The van der Waals surface area contributed by atoms with Crippen molar-refractivity contribution < 1.29 is 19.1 Å². The fourth-order valence-electron chi connectivity index (χ4n) is 6.13. The van der Waals surface area contributed by atoms with Crippen LogP contribution >= 0.6 is 0 Å². The van der Waals surface area contributed by atoms with Gasteiger partial charge in [-0.1, -0.05) is 19.3 Å². The van der Waals surface area contributed by atoms with E-state index in [1.165, 1.54) is 6.42 Å². The second-order valence-corrected chi connectivity index (χ2v) is 11.2. The number of amidine groups is 1. The van der Waals surface area contributed by atoms with Crippen LogP contribution in [0.5, 0.6) is 0 Å². The van der Waals surface area contributed by atoms with Crippen LogP contribution in [0, 0.1) is 5.41 Å². The number of ether oxygens (including phenoxy) is 1. The van der Waals surface area contributed by atoms with Gasteiger partial charge in [0.2, 0.25) is 5.91 Å². The molecule has 3 aromatic rings. The standard InChI is InChI=1S/C31H40N8O4/c1-2-43-31(42)30(41)38(24-12-16-37(17-13-24)23-10-14-34-15-11-23)19-27-36-25-18-21(29(32)33)8-9-26(25)39(27)20-28(40)35-22-6-4-3-5-7-22/h8-11,14-15,18,22,24H,2-7,12-13,16-17,19-20H2,1H3,(H3,32,33)(H,35,40). The number of nitrogen functional groups attached to an aromatic ring is 1. The maximum Gasteiger partial charge on any atom is 0.397 e. The van der Waals surface area contributed by atoms with Crippen molar-refractivity contribution in [1.82, 2.24) is 24.8 Å². The number of rotatable bonds is 9. The van der Waals surface area contributed by atoms with Crippen molar-refractivity contribution >= 4 is 40.3 Å². The van der Waals surface area contributed by atoms with Crippen LogP contribution in [0.1, 0.15) is 63.3 Å². The number of amides is 2. The fraction of sp³-hybridized carbons (Fsp3) is 0.484. The summed E-state index contributed by atoms with van der Waals surface area (Å²) < 4.78 is 6.91. The average molecular weight is 589 g/mol. The third-order valence-corrected chi connectivity index (χ3v) is 8.37. The number of aromatic nitrogens is 3. The topological polar surface area (TPSA) is 160 Å². The Hall–Kier alpha value is -4.48. The lowest BCUT2D eigenvalue weighted by molar-refractivity contribution is -0.161. The monoisotopic (exact) mass is 588 g/mol. The highest BCUT2D eigenvalue weighted by molar-refractivity contribution is 6.32. The highest BCUT2D eigenvalue weighted by Crippen LogP contribution is 2.26. The number of benzene rings is 1. The van der Waals surface area contributed by atoms with Crippen LogP contribution in [-0.2, 0) is 32.2 Å². The van der Waals surface area contributed by atoms with Gasteiger partial charge in [-0.05, 0) is 62.9 Å². The van der Waals surface area contributed by atoms with Crippen LogP contribution in [-0.4, -0.2) is 74.8 Å². The summed E-state index contributed by atoms with van der Waals surface area (Å²) in [6.45, 7) is 3.20. The quantitative estimate of drug-likeness (QED) is 0.149. The molecule has 2 fully saturated rings. The van der Waals surface area contributed by atoms with Gasteiger partial charge < -0.3 is 30.2 Å². The Labute approximate surface area is 251 Å². The first-order valence-electron chi connectivity index (χ1n) is 15.1. The summed E-state index contributed by atoms with van der Waals surface area (Å²) >= 11 is 0. The second-order valence-electron chi connectivity index (χ2n) is 11.2. The molecule has 0 spiro atoms. The number of nitrogens with zero attached hydrogens (tertiary/aromatic N) is 5. The number of carbonyl (C=O) groups excluding carboxylic acids is 3. The van der Waals surface area contributed by atoms with Gasteiger partial charge in [0.1, 0.15) is 18.2 Å². The van der Waals surface area contributed by atoms with E-state index >= 15 is 0 Å². The zero-order valence-electron chi connectivity index (χ0n) is 24.6. The molecule has 1 aliphatic carbocycles. The number of esters is 1. The van der Waals surface area contributed by atoms with Crippen LogP contribution in [0.25, 0.3) is 11.0 Å². The molecule has 0 atom stereocenters. The van der Waals surface area contributed by atoms with Gasteiger partial charge in [-0.3, -0.25) is 20.0 Å². The Morgan fingerprint density at radius 3 is 2.47 bits per heavy atom. The molecule has 0 radical (unpaired) electrons. The summed E-state index contributed by atoms with van der Waals surface area (Å²) in [5.74, 6) is -1.37. The molecular formula is C31H40N8O4. The number of imidazole rings is 1. The van der Waals surface area contributed by atoms with Gasteiger partial charge >= 0.3 is 11.9 Å². The third kappa shape index (κ3) is 7.12. The fourth-order valence-corrected chi connectivity index (χ4v) is 6.13. The minimum atomic E-state index is -0.907. The zero-order valence-corrected chi connectivity index (χ0v) is 24.6. The van der Waals surface area contributed by atoms with Crippen molar-refractivity contribution in [3.8, 4) is 0 Å². The first-order valence-corrected chi connectivity index (χ1v) is 15.1. The molecule has 3 heterocycles. The van der Waals surface area contributed by atoms with Crippen LogP contribution in [0.2, 0.25) is 0 Å². The van der Waals surface area contributed by atoms with E-state index in [2.05, 4.69) is 15.2 Å². The summed E-state index contributed by atoms with van der Waals surface area (Å²) in [6, 6.07) is 9.06. The normalized spacial score (nSPS) is 16.2. The van der Waals surface area contributed by atoms with Gasteiger partial charge in [-0.2, -0.15) is 0 Å². The second kappa shape index (κ2) is 13.7. The van der Waals surface area contributed by atoms with E-state index in [0.29, 0.717) is 48.4 Å². The lowest BCUT2D eigenvalue weighted by Crippen LogP contribution is -2.50. The first kappa shape index (κ1) is 30.0. The smallest absolute Gasteiger partial charge is 0.397 e. The predicted octanol–water partition coefficient (Wildman–Crippen LogP) is 2.72. The maximum absolute atomic E-state index is 13.5. The molecule has 1 aliphatic heterocycles. The lowest BCUT2D eigenvalue weighted by atomic mass is 9.95. The van der Waals surface area contributed by atoms with Crippen LogP contribution in [0.4, 0.5) is 5.69 Å². The molecule has 43 heavy (non-hydrogen) atoms. The number of piperidine rings is 1. The number of hydrogen-bond acceptors (Lipinski definition) is 8. The van der Waals surface area contributed by atoms with E-state index in [1.54, 1.807) is 47.0 Å². The van der Waals surface area contributed by atoms with Crippen molar-refractivity contribution in [3.05, 3.63) is 54.1 Å². The Morgan fingerprint density at radius 2 is 1.79 bits per heavy atom. The molecule has 0 bridgehead atoms. The van der Waals surface area contributed by atoms with Crippen molar-refractivity contribution in [2.45, 2.75) is 77.0 Å². The van der Waals surface area contributed by atoms with E-state index in [9.17, 15) is 14.4 Å². The molecule has 12 nitrogen and oxygen atoms in total. The Bertz CT molecular complexity index is 1460. The van der Waals surface area contributed by atoms with E-state index in [1.807, 2.05) is 12.1 Å². The molecule has 5 rings (SSSR count). The van der Waals surface area contributed by atoms with Gasteiger partial charge in [0.15, 0.2) is 0 Å². The van der Waals surface area contributed by atoms with Gasteiger partial charge in [-0.15, -0.1) is 0 Å². The highest BCUT2D eigenvalue weighted by Gasteiger charge is 2.34. The third-order valence-electron chi connectivity index (χ3n) is 8.37. The van der Waals surface area contributed by atoms with Gasteiger partial charge in [0.05, 0.1) is 24.2 Å². The Kier molecular flexibility index (Phi) is 9.53. The lowest BCUT2D eigenvalue weighted by Gasteiger charge is -2.39. The molecular weight excluding hydrogens is 548 g/mol. The average Bonchev–Trinajstić information content (AvgIpc) is 3.36. The Morgan fingerprint density at radius 1 is 1.07 bits per heavy atom. The minimum Gasteiger partial charge on any atom is -0.459 e. The van der Waals surface area contributed by atoms with Crippen molar-refractivity contribution in [2.75, 3.05) is 24.6 Å². The van der Waals surface area contributed by atoms with Crippen LogP contribution in [0.3, 0.4) is 0 Å². The van der Waals surface area contributed by atoms with E-state index in [4.69, 9.17) is 20.9 Å². The van der Waals surface area contributed by atoms with E-state index in [-0.39, 0.29) is 43.5 Å². The largest absolute Gasteiger partial charge is 0.459 e. The number of hydrogen-bond donors (Lipinski definition) is 3. The van der Waals surface area contributed by atoms with Gasteiger partial charge in [0.25, 0.3) is 0 Å². The molecule has 2 amide bonds. The van der Waals surface area contributed by atoms with E-state index in [0.717, 1.165) is 31.4 Å². The number of anilines is 1. The summed E-state index contributed by atoms with van der Waals surface area (Å²) in [5, 5.41) is 11.0. The number of nitrogens with two attached hydrogens (primary N) is 1. The first-order chi connectivity index (χ1) is 20.8. The highest BCUT2D eigenvalue weighted by atomic mass is 16.5.